The van der Waals surface area contributed by atoms with Crippen LogP contribution in [0.2, 0.25) is 0 Å². The van der Waals surface area contributed by atoms with Gasteiger partial charge in [0.1, 0.15) is 12.4 Å². The Bertz CT molecular complexity index is 1470. The molecule has 1 N–H and O–H groups in total. The number of rotatable bonds is 7. The molecule has 5 rings (SSSR count). The lowest BCUT2D eigenvalue weighted by Crippen LogP contribution is -2.29. The van der Waals surface area contributed by atoms with E-state index in [0.717, 1.165) is 5.56 Å². The van der Waals surface area contributed by atoms with Crippen LogP contribution in [0.3, 0.4) is 0 Å². The van der Waals surface area contributed by atoms with E-state index in [9.17, 15) is 14.0 Å². The normalized spacial score (nSPS) is 16.2. The van der Waals surface area contributed by atoms with Crippen molar-refractivity contribution in [1.29, 1.82) is 0 Å². The molecule has 3 aromatic rings. The summed E-state index contributed by atoms with van der Waals surface area (Å²) in [5.41, 5.74) is 4.61. The van der Waals surface area contributed by atoms with Gasteiger partial charge in [0.2, 0.25) is 0 Å². The Balaban J connectivity index is 1.58. The first-order chi connectivity index (χ1) is 17.9. The van der Waals surface area contributed by atoms with Gasteiger partial charge in [0.25, 0.3) is 0 Å². The topological polar surface area (TPSA) is 73.9 Å². The van der Waals surface area contributed by atoms with E-state index in [1.165, 1.54) is 13.2 Å². The van der Waals surface area contributed by atoms with Crippen molar-refractivity contribution in [2.75, 3.05) is 13.7 Å². The molecule has 0 aromatic heterocycles. The van der Waals surface area contributed by atoms with E-state index in [1.54, 1.807) is 49.4 Å². The molecule has 0 bridgehead atoms. The van der Waals surface area contributed by atoms with Gasteiger partial charge in [0.05, 0.1) is 25.0 Å². The molecule has 6 nitrogen and oxygen atoms in total. The zero-order valence-electron chi connectivity index (χ0n) is 20.8. The molecule has 1 aliphatic heterocycles. The third-order valence-electron chi connectivity index (χ3n) is 6.60. The summed E-state index contributed by atoms with van der Waals surface area (Å²) in [5, 5.41) is 3.27. The maximum atomic E-state index is 14.1. The fourth-order valence-electron chi connectivity index (χ4n) is 4.91. The summed E-state index contributed by atoms with van der Waals surface area (Å²) in [6, 6.07) is 19.1. The number of ether oxygens (including phenoxy) is 3. The van der Waals surface area contributed by atoms with Crippen molar-refractivity contribution in [2.45, 2.75) is 26.4 Å². The first-order valence-corrected chi connectivity index (χ1v) is 12.0. The number of Topliss-reactive ketones (excluding diaryl/α,β-unsaturated/α-hetero) is 1. The number of benzene rings is 3. The van der Waals surface area contributed by atoms with E-state index in [1.807, 2.05) is 25.1 Å². The number of ketones is 1. The first-order valence-electron chi connectivity index (χ1n) is 12.0. The summed E-state index contributed by atoms with van der Waals surface area (Å²) in [6.45, 7) is 4.03. The van der Waals surface area contributed by atoms with Crippen molar-refractivity contribution < 1.29 is 28.2 Å². The molecule has 1 aliphatic carbocycles. The van der Waals surface area contributed by atoms with Crippen molar-refractivity contribution in [3.05, 3.63) is 112 Å². The number of hydrogen-bond donors (Lipinski definition) is 1. The highest BCUT2D eigenvalue weighted by atomic mass is 19.1. The Hall–Kier alpha value is -4.39. The molecular formula is C30H26FNO5. The second-order valence-corrected chi connectivity index (χ2v) is 8.77. The van der Waals surface area contributed by atoms with E-state index in [-0.39, 0.29) is 18.2 Å². The Morgan fingerprint density at radius 3 is 2.43 bits per heavy atom. The summed E-state index contributed by atoms with van der Waals surface area (Å²) in [4.78, 5) is 26.5. The lowest BCUT2D eigenvalue weighted by Gasteiger charge is -2.29. The zero-order valence-corrected chi connectivity index (χ0v) is 20.8. The minimum absolute atomic E-state index is 0.0228. The van der Waals surface area contributed by atoms with Gasteiger partial charge in [0.15, 0.2) is 17.3 Å². The van der Waals surface area contributed by atoms with Gasteiger partial charge in [-0.1, -0.05) is 48.5 Å². The van der Waals surface area contributed by atoms with E-state index in [2.05, 4.69) is 5.32 Å². The Kier molecular flexibility index (Phi) is 6.53. The van der Waals surface area contributed by atoms with Crippen LogP contribution in [0.4, 0.5) is 4.39 Å². The minimum atomic E-state index is -0.677. The number of methoxy groups -OCH3 is 1. The van der Waals surface area contributed by atoms with Crippen LogP contribution in [-0.2, 0) is 16.1 Å². The third-order valence-corrected chi connectivity index (χ3v) is 6.60. The first kappa shape index (κ1) is 24.3. The van der Waals surface area contributed by atoms with Crippen molar-refractivity contribution in [2.24, 2.45) is 0 Å². The number of dihydropyridines is 1. The van der Waals surface area contributed by atoms with Crippen LogP contribution in [0.25, 0.3) is 5.70 Å². The number of carbonyl (C=O) groups excluding carboxylic acids is 2. The van der Waals surface area contributed by atoms with Crippen LogP contribution in [0.15, 0.2) is 83.6 Å². The largest absolute Gasteiger partial charge is 0.490 e. The van der Waals surface area contributed by atoms with Crippen molar-refractivity contribution in [1.82, 2.24) is 5.32 Å². The number of nitrogens with one attached hydrogen (secondary N) is 1. The average molecular weight is 500 g/mol. The predicted molar refractivity (Wildman–Crippen MR) is 137 cm³/mol. The lowest BCUT2D eigenvalue weighted by atomic mass is 9.79. The Morgan fingerprint density at radius 2 is 1.70 bits per heavy atom. The number of halogens is 1. The van der Waals surface area contributed by atoms with Gasteiger partial charge in [-0.05, 0) is 37.6 Å². The van der Waals surface area contributed by atoms with Gasteiger partial charge in [0, 0.05) is 33.9 Å². The van der Waals surface area contributed by atoms with Crippen LogP contribution in [0.5, 0.6) is 11.5 Å². The zero-order chi connectivity index (χ0) is 26.1. The number of carbonyl (C=O) groups is 2. The molecule has 2 aliphatic rings. The number of fused-ring (bicyclic) bond motifs is 2. The van der Waals surface area contributed by atoms with Crippen LogP contribution < -0.4 is 14.8 Å². The average Bonchev–Trinajstić information content (AvgIpc) is 3.19. The van der Waals surface area contributed by atoms with Crippen LogP contribution in [-0.4, -0.2) is 25.5 Å². The molecule has 0 saturated carbocycles. The summed E-state index contributed by atoms with van der Waals surface area (Å²) in [5.74, 6) is -0.837. The molecule has 0 radical (unpaired) electrons. The summed E-state index contributed by atoms with van der Waals surface area (Å²) >= 11 is 0. The summed E-state index contributed by atoms with van der Waals surface area (Å²) in [7, 11) is 1.32. The predicted octanol–water partition coefficient (Wildman–Crippen LogP) is 5.54. The molecule has 3 aromatic carbocycles. The van der Waals surface area contributed by atoms with Gasteiger partial charge in [-0.3, -0.25) is 4.79 Å². The molecular weight excluding hydrogens is 473 g/mol. The Morgan fingerprint density at radius 1 is 0.973 bits per heavy atom. The van der Waals surface area contributed by atoms with Crippen LogP contribution >= 0.6 is 0 Å². The second kappa shape index (κ2) is 9.93. The van der Waals surface area contributed by atoms with E-state index >= 15 is 0 Å². The van der Waals surface area contributed by atoms with Gasteiger partial charge >= 0.3 is 5.97 Å². The van der Waals surface area contributed by atoms with Crippen LogP contribution in [0, 0.1) is 5.82 Å². The molecule has 0 unspecified atom stereocenters. The number of hydrogen-bond acceptors (Lipinski definition) is 6. The van der Waals surface area contributed by atoms with Crippen molar-refractivity contribution in [3.8, 4) is 11.5 Å². The highest BCUT2D eigenvalue weighted by Crippen LogP contribution is 2.48. The standard InChI is InChI=1S/C30H26FNO5/c1-4-36-24-15-18(13-14-23(24)37-16-19-9-5-8-12-22(19)31)26-25(30(34)35-3)17(2)32-28-20-10-6-7-11-21(20)29(33)27(26)28/h5-15,26,32H,4,16H2,1-3H3/t26-/m1/s1. The summed E-state index contributed by atoms with van der Waals surface area (Å²) in [6.07, 6.45) is 0. The molecule has 7 heteroatoms. The fraction of sp³-hybridized carbons (Fsp3) is 0.200. The van der Waals surface area contributed by atoms with Gasteiger partial charge in [-0.2, -0.15) is 0 Å². The molecule has 188 valence electrons. The smallest absolute Gasteiger partial charge is 0.336 e. The fourth-order valence-corrected chi connectivity index (χ4v) is 4.91. The van der Waals surface area contributed by atoms with E-state index in [0.29, 0.717) is 57.3 Å². The van der Waals surface area contributed by atoms with Gasteiger partial charge < -0.3 is 19.5 Å². The molecule has 1 atom stereocenters. The highest BCUT2D eigenvalue weighted by Gasteiger charge is 2.43. The monoisotopic (exact) mass is 499 g/mol. The molecule has 0 saturated heterocycles. The molecule has 0 fully saturated rings. The third kappa shape index (κ3) is 4.27. The number of allylic oxidation sites excluding steroid dienone is 2. The molecule has 0 spiro atoms. The highest BCUT2D eigenvalue weighted by molar-refractivity contribution is 6.23. The molecule has 37 heavy (non-hydrogen) atoms. The Labute approximate surface area is 214 Å². The van der Waals surface area contributed by atoms with Gasteiger partial charge in [-0.25, -0.2) is 9.18 Å². The maximum absolute atomic E-state index is 14.1. The minimum Gasteiger partial charge on any atom is -0.490 e. The van der Waals surface area contributed by atoms with Gasteiger partial charge in [-0.15, -0.1) is 0 Å². The molecule has 0 amide bonds. The summed E-state index contributed by atoms with van der Waals surface area (Å²) < 4.78 is 31.0. The SMILES string of the molecule is CCOc1cc([C@@H]2C(C(=O)OC)=C(C)NC3=C2C(=O)c2ccccc23)ccc1OCc1ccccc1F. The van der Waals surface area contributed by atoms with Crippen molar-refractivity contribution in [3.63, 3.8) is 0 Å². The van der Waals surface area contributed by atoms with Crippen molar-refractivity contribution >= 4 is 17.4 Å². The quantitative estimate of drug-likeness (QED) is 0.430. The number of esters is 1. The van der Waals surface area contributed by atoms with E-state index in [4.69, 9.17) is 14.2 Å². The lowest BCUT2D eigenvalue weighted by molar-refractivity contribution is -0.136. The molecule has 1 heterocycles. The van der Waals surface area contributed by atoms with Crippen LogP contribution in [0.1, 0.15) is 46.8 Å². The maximum Gasteiger partial charge on any atom is 0.336 e. The van der Waals surface area contributed by atoms with E-state index < -0.39 is 11.9 Å². The second-order valence-electron chi connectivity index (χ2n) is 8.77.